The quantitative estimate of drug-likeness (QED) is 0.223. The highest BCUT2D eigenvalue weighted by atomic mass is 127. The lowest BCUT2D eigenvalue weighted by molar-refractivity contribution is -0.132. The van der Waals surface area contributed by atoms with Gasteiger partial charge in [-0.2, -0.15) is 0 Å². The van der Waals surface area contributed by atoms with Gasteiger partial charge < -0.3 is 15.5 Å². The summed E-state index contributed by atoms with van der Waals surface area (Å²) < 4.78 is 0. The van der Waals surface area contributed by atoms with Crippen LogP contribution in [-0.2, 0) is 17.8 Å². The summed E-state index contributed by atoms with van der Waals surface area (Å²) >= 11 is 0. The molecular weight excluding hydrogens is 489 g/mol. The fraction of sp³-hybridized carbons (Fsp3) is 0.652. The van der Waals surface area contributed by atoms with Gasteiger partial charge in [0.2, 0.25) is 5.91 Å². The van der Waals surface area contributed by atoms with Crippen molar-refractivity contribution in [2.75, 3.05) is 33.2 Å². The predicted octanol–water partition coefficient (Wildman–Crippen LogP) is 3.25. The van der Waals surface area contributed by atoms with E-state index >= 15 is 0 Å². The van der Waals surface area contributed by atoms with Crippen molar-refractivity contribution in [3.63, 3.8) is 0 Å². The fourth-order valence-corrected chi connectivity index (χ4v) is 3.95. The first-order valence-corrected chi connectivity index (χ1v) is 11.0. The second-order valence-electron chi connectivity index (χ2n) is 8.29. The summed E-state index contributed by atoms with van der Waals surface area (Å²) in [6, 6.07) is 9.48. The van der Waals surface area contributed by atoms with E-state index in [0.29, 0.717) is 18.5 Å². The van der Waals surface area contributed by atoms with Gasteiger partial charge in [-0.3, -0.25) is 14.7 Å². The van der Waals surface area contributed by atoms with Crippen LogP contribution in [0.1, 0.15) is 51.7 Å². The first kappa shape index (κ1) is 26.7. The lowest BCUT2D eigenvalue weighted by atomic mass is 9.99. The molecular formula is C23H40IN5O. The SMILES string of the molecule is CN=C(NCCCC(=O)N1CCc2ccccc2C1)NCCN(C(C)C)C(C)C.I. The van der Waals surface area contributed by atoms with Gasteiger partial charge >= 0.3 is 0 Å². The molecule has 1 aromatic rings. The van der Waals surface area contributed by atoms with E-state index < -0.39 is 0 Å². The summed E-state index contributed by atoms with van der Waals surface area (Å²) in [5.41, 5.74) is 2.66. The molecule has 0 aliphatic carbocycles. The number of fused-ring (bicyclic) bond motifs is 1. The van der Waals surface area contributed by atoms with E-state index in [4.69, 9.17) is 0 Å². The molecule has 1 heterocycles. The molecule has 30 heavy (non-hydrogen) atoms. The lowest BCUT2D eigenvalue weighted by Gasteiger charge is -2.30. The van der Waals surface area contributed by atoms with Crippen LogP contribution < -0.4 is 10.6 Å². The van der Waals surface area contributed by atoms with Gasteiger partial charge in [-0.05, 0) is 51.7 Å². The van der Waals surface area contributed by atoms with Crippen LogP contribution in [0, 0.1) is 0 Å². The number of nitrogens with one attached hydrogen (secondary N) is 2. The third-order valence-corrected chi connectivity index (χ3v) is 5.56. The van der Waals surface area contributed by atoms with Crippen LogP contribution in [0.3, 0.4) is 0 Å². The number of carbonyl (C=O) groups excluding carboxylic acids is 1. The van der Waals surface area contributed by atoms with E-state index in [0.717, 1.165) is 51.5 Å². The molecule has 2 N–H and O–H groups in total. The molecule has 2 rings (SSSR count). The Kier molecular flexibility index (Phi) is 12.3. The highest BCUT2D eigenvalue weighted by Gasteiger charge is 2.19. The van der Waals surface area contributed by atoms with Crippen LogP contribution in [0.2, 0.25) is 0 Å². The molecule has 0 bridgehead atoms. The molecule has 1 aromatic carbocycles. The average Bonchev–Trinajstić information content (AvgIpc) is 2.71. The number of aliphatic imine (C=N–C) groups is 1. The lowest BCUT2D eigenvalue weighted by Crippen LogP contribution is -2.45. The van der Waals surface area contributed by atoms with E-state index in [-0.39, 0.29) is 29.9 Å². The second-order valence-corrected chi connectivity index (χ2v) is 8.29. The second kappa shape index (κ2) is 13.9. The van der Waals surface area contributed by atoms with Crippen molar-refractivity contribution in [1.29, 1.82) is 0 Å². The molecule has 0 atom stereocenters. The number of nitrogens with zero attached hydrogens (tertiary/aromatic N) is 3. The average molecular weight is 530 g/mol. The third-order valence-electron chi connectivity index (χ3n) is 5.56. The van der Waals surface area contributed by atoms with Crippen LogP contribution in [0.25, 0.3) is 0 Å². The van der Waals surface area contributed by atoms with Crippen LogP contribution in [0.4, 0.5) is 0 Å². The van der Waals surface area contributed by atoms with Crippen LogP contribution in [0.5, 0.6) is 0 Å². The number of amides is 1. The molecule has 0 radical (unpaired) electrons. The van der Waals surface area contributed by atoms with Crippen molar-refractivity contribution in [3.8, 4) is 0 Å². The van der Waals surface area contributed by atoms with E-state index in [1.165, 1.54) is 11.1 Å². The van der Waals surface area contributed by atoms with Crippen LogP contribution in [-0.4, -0.2) is 67.0 Å². The molecule has 1 amide bonds. The smallest absolute Gasteiger partial charge is 0.222 e. The Hall–Kier alpha value is -1.35. The summed E-state index contributed by atoms with van der Waals surface area (Å²) in [7, 11) is 1.79. The normalized spacial score (nSPS) is 14.0. The number of halogens is 1. The number of benzene rings is 1. The van der Waals surface area contributed by atoms with Crippen LogP contribution >= 0.6 is 24.0 Å². The van der Waals surface area contributed by atoms with Gasteiger partial charge in [0.25, 0.3) is 0 Å². The van der Waals surface area contributed by atoms with Gasteiger partial charge in [0.05, 0.1) is 0 Å². The van der Waals surface area contributed by atoms with E-state index in [9.17, 15) is 4.79 Å². The topological polar surface area (TPSA) is 60.0 Å². The standard InChI is InChI=1S/C23H39N5O.HI/c1-18(2)28(19(3)4)16-14-26-23(24-5)25-13-8-11-22(29)27-15-12-20-9-6-7-10-21(20)17-27;/h6-7,9-10,18-19H,8,11-17H2,1-5H3,(H2,24,25,26);1H. The number of hydrogen-bond acceptors (Lipinski definition) is 3. The monoisotopic (exact) mass is 529 g/mol. The van der Waals surface area contributed by atoms with E-state index in [1.54, 1.807) is 7.05 Å². The number of hydrogen-bond donors (Lipinski definition) is 2. The van der Waals surface area contributed by atoms with Gasteiger partial charge in [-0.15, -0.1) is 24.0 Å². The van der Waals surface area contributed by atoms with Gasteiger partial charge in [-0.1, -0.05) is 24.3 Å². The van der Waals surface area contributed by atoms with E-state index in [1.807, 2.05) is 4.90 Å². The third kappa shape index (κ3) is 8.41. The molecule has 0 aromatic heterocycles. The maximum absolute atomic E-state index is 12.5. The van der Waals surface area contributed by atoms with Crippen LogP contribution in [0.15, 0.2) is 29.3 Å². The Balaban J connectivity index is 0.00000450. The van der Waals surface area contributed by atoms with Crippen molar-refractivity contribution >= 4 is 35.8 Å². The van der Waals surface area contributed by atoms with Crippen molar-refractivity contribution in [3.05, 3.63) is 35.4 Å². The minimum absolute atomic E-state index is 0. The summed E-state index contributed by atoms with van der Waals surface area (Å²) in [5, 5.41) is 6.70. The fourth-order valence-electron chi connectivity index (χ4n) is 3.95. The molecule has 1 aliphatic heterocycles. The number of rotatable bonds is 9. The summed E-state index contributed by atoms with van der Waals surface area (Å²) in [4.78, 5) is 21.3. The van der Waals surface area contributed by atoms with Crippen molar-refractivity contribution in [2.24, 2.45) is 4.99 Å². The molecule has 7 heteroatoms. The zero-order valence-corrected chi connectivity index (χ0v) is 21.6. The highest BCUT2D eigenvalue weighted by molar-refractivity contribution is 14.0. The Bertz CT molecular complexity index is 669. The van der Waals surface area contributed by atoms with Gasteiger partial charge in [-0.25, -0.2) is 0 Å². The van der Waals surface area contributed by atoms with E-state index in [2.05, 4.69) is 72.5 Å². The van der Waals surface area contributed by atoms with Crippen molar-refractivity contribution in [2.45, 2.75) is 65.6 Å². The summed E-state index contributed by atoms with van der Waals surface area (Å²) in [6.45, 7) is 13.1. The molecule has 170 valence electrons. The first-order chi connectivity index (χ1) is 13.9. The summed E-state index contributed by atoms with van der Waals surface area (Å²) in [6.07, 6.45) is 2.34. The molecule has 6 nitrogen and oxygen atoms in total. The number of guanidine groups is 1. The Morgan fingerprint density at radius 3 is 2.37 bits per heavy atom. The van der Waals surface area contributed by atoms with Gasteiger partial charge in [0, 0.05) is 58.3 Å². The zero-order chi connectivity index (χ0) is 21.2. The Labute approximate surface area is 199 Å². The Morgan fingerprint density at radius 1 is 1.10 bits per heavy atom. The highest BCUT2D eigenvalue weighted by Crippen LogP contribution is 2.19. The van der Waals surface area contributed by atoms with Crippen molar-refractivity contribution < 1.29 is 4.79 Å². The van der Waals surface area contributed by atoms with Crippen molar-refractivity contribution in [1.82, 2.24) is 20.4 Å². The molecule has 1 aliphatic rings. The maximum Gasteiger partial charge on any atom is 0.222 e. The van der Waals surface area contributed by atoms with Gasteiger partial charge in [0.15, 0.2) is 5.96 Å². The molecule has 0 saturated carbocycles. The largest absolute Gasteiger partial charge is 0.356 e. The molecule has 0 fully saturated rings. The van der Waals surface area contributed by atoms with Gasteiger partial charge in [0.1, 0.15) is 0 Å². The maximum atomic E-state index is 12.5. The zero-order valence-electron chi connectivity index (χ0n) is 19.3. The number of carbonyl (C=O) groups is 1. The first-order valence-electron chi connectivity index (χ1n) is 11.0. The minimum atomic E-state index is 0. The predicted molar refractivity (Wildman–Crippen MR) is 137 cm³/mol. The summed E-state index contributed by atoms with van der Waals surface area (Å²) in [5.74, 6) is 1.05. The molecule has 0 spiro atoms. The Morgan fingerprint density at radius 2 is 1.73 bits per heavy atom. The minimum Gasteiger partial charge on any atom is -0.356 e. The molecule has 0 saturated heterocycles. The molecule has 0 unspecified atom stereocenters.